The number of aryl methyl sites for hydroxylation is 1. The van der Waals surface area contributed by atoms with Crippen molar-refractivity contribution in [2.45, 2.75) is 44.8 Å². The second kappa shape index (κ2) is 6.41. The molecule has 0 atom stereocenters. The average molecular weight is 284 g/mol. The largest absolute Gasteiger partial charge is 0.469 e. The molecule has 5 nitrogen and oxygen atoms in total. The van der Waals surface area contributed by atoms with E-state index in [4.69, 9.17) is 9.26 Å². The second-order valence-corrected chi connectivity index (χ2v) is 6.09. The minimum absolute atomic E-state index is 0.108. The first-order chi connectivity index (χ1) is 9.17. The van der Waals surface area contributed by atoms with Crippen molar-refractivity contribution in [2.75, 3.05) is 12.9 Å². The van der Waals surface area contributed by atoms with E-state index >= 15 is 0 Å². The van der Waals surface area contributed by atoms with Crippen LogP contribution < -0.4 is 0 Å². The van der Waals surface area contributed by atoms with E-state index < -0.39 is 0 Å². The Hall–Kier alpha value is -1.04. The van der Waals surface area contributed by atoms with Crippen LogP contribution in [-0.4, -0.2) is 29.0 Å². The molecule has 19 heavy (non-hydrogen) atoms. The Labute approximate surface area is 117 Å². The zero-order valence-corrected chi connectivity index (χ0v) is 12.3. The van der Waals surface area contributed by atoms with Crippen molar-refractivity contribution in [1.82, 2.24) is 10.1 Å². The minimum Gasteiger partial charge on any atom is -0.469 e. The smallest absolute Gasteiger partial charge is 0.306 e. The highest BCUT2D eigenvalue weighted by Crippen LogP contribution is 2.51. The summed E-state index contributed by atoms with van der Waals surface area (Å²) in [4.78, 5) is 15.6. The fourth-order valence-electron chi connectivity index (χ4n) is 1.95. The third kappa shape index (κ3) is 4.23. The van der Waals surface area contributed by atoms with Crippen molar-refractivity contribution in [2.24, 2.45) is 5.41 Å². The Kier molecular flexibility index (Phi) is 4.85. The molecule has 1 aromatic heterocycles. The van der Waals surface area contributed by atoms with Crippen LogP contribution in [0.4, 0.5) is 0 Å². The van der Waals surface area contributed by atoms with Gasteiger partial charge in [0.15, 0.2) is 5.82 Å². The van der Waals surface area contributed by atoms with Gasteiger partial charge in [-0.3, -0.25) is 4.79 Å². The zero-order chi connectivity index (χ0) is 13.7. The van der Waals surface area contributed by atoms with E-state index in [1.54, 1.807) is 11.8 Å². The van der Waals surface area contributed by atoms with Crippen LogP contribution in [0.15, 0.2) is 4.52 Å². The molecule has 1 heterocycles. The van der Waals surface area contributed by atoms with Gasteiger partial charge in [0.1, 0.15) is 0 Å². The van der Waals surface area contributed by atoms with E-state index in [9.17, 15) is 4.79 Å². The lowest BCUT2D eigenvalue weighted by Gasteiger charge is -2.11. The number of aromatic nitrogens is 2. The maximum Gasteiger partial charge on any atom is 0.306 e. The number of thioether (sulfide) groups is 1. The number of carbonyl (C=O) groups is 1. The van der Waals surface area contributed by atoms with Crippen LogP contribution in [0.5, 0.6) is 0 Å². The van der Waals surface area contributed by atoms with Crippen LogP contribution in [0.3, 0.4) is 0 Å². The molecule has 0 aliphatic heterocycles. The molecule has 0 spiro atoms. The fourth-order valence-corrected chi connectivity index (χ4v) is 3.18. The van der Waals surface area contributed by atoms with Crippen molar-refractivity contribution in [3.8, 4) is 0 Å². The summed E-state index contributed by atoms with van der Waals surface area (Å²) in [5.41, 5.74) is 0.160. The highest BCUT2D eigenvalue weighted by atomic mass is 32.2. The number of ether oxygens (including phenoxy) is 1. The summed E-state index contributed by atoms with van der Waals surface area (Å²) in [6.07, 6.45) is 4.61. The lowest BCUT2D eigenvalue weighted by molar-refractivity contribution is -0.141. The van der Waals surface area contributed by atoms with E-state index in [0.717, 1.165) is 43.0 Å². The Morgan fingerprint density at radius 1 is 1.53 bits per heavy atom. The molecule has 0 radical (unpaired) electrons. The quantitative estimate of drug-likeness (QED) is 0.684. The third-order valence-electron chi connectivity index (χ3n) is 3.32. The van der Waals surface area contributed by atoms with Gasteiger partial charge in [-0.1, -0.05) is 12.1 Å². The zero-order valence-electron chi connectivity index (χ0n) is 11.5. The maximum atomic E-state index is 11.3. The number of carbonyl (C=O) groups excluding carboxylic acids is 1. The first-order valence-corrected chi connectivity index (χ1v) is 7.79. The van der Waals surface area contributed by atoms with Crippen molar-refractivity contribution >= 4 is 17.7 Å². The van der Waals surface area contributed by atoms with Gasteiger partial charge >= 0.3 is 5.97 Å². The van der Waals surface area contributed by atoms with Crippen molar-refractivity contribution in [1.29, 1.82) is 0 Å². The van der Waals surface area contributed by atoms with Gasteiger partial charge < -0.3 is 9.26 Å². The van der Waals surface area contributed by atoms with Crippen LogP contribution in [0.2, 0.25) is 0 Å². The van der Waals surface area contributed by atoms with Gasteiger partial charge in [0.05, 0.1) is 19.3 Å². The molecule has 0 N–H and O–H groups in total. The highest BCUT2D eigenvalue weighted by molar-refractivity contribution is 7.98. The Morgan fingerprint density at radius 2 is 2.32 bits per heavy atom. The summed E-state index contributed by atoms with van der Waals surface area (Å²) in [6, 6.07) is 0. The molecule has 0 bridgehead atoms. The summed E-state index contributed by atoms with van der Waals surface area (Å²) < 4.78 is 9.87. The van der Waals surface area contributed by atoms with Crippen molar-refractivity contribution in [3.05, 3.63) is 11.7 Å². The minimum atomic E-state index is -0.108. The van der Waals surface area contributed by atoms with Crippen LogP contribution in [0, 0.1) is 5.41 Å². The fraction of sp³-hybridized carbons (Fsp3) is 0.769. The summed E-state index contributed by atoms with van der Waals surface area (Å²) >= 11 is 1.77. The molecule has 0 amide bonds. The summed E-state index contributed by atoms with van der Waals surface area (Å²) in [7, 11) is 1.44. The molecule has 106 valence electrons. The van der Waals surface area contributed by atoms with E-state index in [-0.39, 0.29) is 11.4 Å². The third-order valence-corrected chi connectivity index (χ3v) is 4.60. The van der Waals surface area contributed by atoms with Crippen molar-refractivity contribution in [3.63, 3.8) is 0 Å². The Balaban J connectivity index is 1.72. The molecule has 1 fully saturated rings. The highest BCUT2D eigenvalue weighted by Gasteiger charge is 2.44. The maximum absolute atomic E-state index is 11.3. The van der Waals surface area contributed by atoms with Crippen LogP contribution in [-0.2, 0) is 21.7 Å². The molecule has 0 aromatic carbocycles. The van der Waals surface area contributed by atoms with Gasteiger partial charge in [0.2, 0.25) is 5.89 Å². The van der Waals surface area contributed by atoms with Gasteiger partial charge in [-0.2, -0.15) is 16.7 Å². The number of hydrogen-bond acceptors (Lipinski definition) is 6. The van der Waals surface area contributed by atoms with E-state index in [2.05, 4.69) is 17.1 Å². The lowest BCUT2D eigenvalue weighted by atomic mass is 10.1. The first-order valence-electron chi connectivity index (χ1n) is 6.63. The molecular formula is C13H20N2O3S. The number of methoxy groups -OCH3 is 1. The van der Waals surface area contributed by atoms with E-state index in [0.29, 0.717) is 12.3 Å². The first kappa shape index (κ1) is 14.4. The Bertz CT molecular complexity index is 429. The predicted octanol–water partition coefficient (Wildman–Crippen LogP) is 2.60. The van der Waals surface area contributed by atoms with Crippen LogP contribution in [0.1, 0.15) is 44.3 Å². The van der Waals surface area contributed by atoms with Gasteiger partial charge in [0, 0.05) is 6.42 Å². The number of esters is 1. The standard InChI is InChI=1S/C13H20N2O3S/c1-3-4-11-14-10(15-18-11)8-19-9-13(5-6-13)7-12(16)17-2/h3-9H2,1-2H3. The van der Waals surface area contributed by atoms with Crippen LogP contribution in [0.25, 0.3) is 0 Å². The SMILES string of the molecule is CCCc1nc(CSCC2(CC(=O)OC)CC2)no1. The molecule has 1 aliphatic rings. The van der Waals surface area contributed by atoms with E-state index in [1.807, 2.05) is 0 Å². The summed E-state index contributed by atoms with van der Waals surface area (Å²) in [5.74, 6) is 3.06. The molecule has 0 saturated heterocycles. The predicted molar refractivity (Wildman–Crippen MR) is 72.8 cm³/mol. The van der Waals surface area contributed by atoms with Gasteiger partial charge in [-0.25, -0.2) is 0 Å². The second-order valence-electron chi connectivity index (χ2n) is 5.10. The molecule has 1 saturated carbocycles. The molecular weight excluding hydrogens is 264 g/mol. The topological polar surface area (TPSA) is 65.2 Å². The number of nitrogens with zero attached hydrogens (tertiary/aromatic N) is 2. The van der Waals surface area contributed by atoms with Crippen LogP contribution >= 0.6 is 11.8 Å². The van der Waals surface area contributed by atoms with E-state index in [1.165, 1.54) is 7.11 Å². The monoisotopic (exact) mass is 284 g/mol. The van der Waals surface area contributed by atoms with Gasteiger partial charge in [-0.05, 0) is 30.4 Å². The Morgan fingerprint density at radius 3 is 2.95 bits per heavy atom. The summed E-state index contributed by atoms with van der Waals surface area (Å²) in [6.45, 7) is 2.09. The number of hydrogen-bond donors (Lipinski definition) is 0. The molecule has 6 heteroatoms. The normalized spacial score (nSPS) is 16.3. The van der Waals surface area contributed by atoms with Gasteiger partial charge in [0.25, 0.3) is 0 Å². The molecule has 1 aliphatic carbocycles. The number of rotatable bonds is 8. The average Bonchev–Trinajstić information content (AvgIpc) is 3.00. The molecule has 0 unspecified atom stereocenters. The van der Waals surface area contributed by atoms with Gasteiger partial charge in [-0.15, -0.1) is 0 Å². The molecule has 2 rings (SSSR count). The van der Waals surface area contributed by atoms with Crippen molar-refractivity contribution < 1.29 is 14.1 Å². The summed E-state index contributed by atoms with van der Waals surface area (Å²) in [5, 5.41) is 3.95. The lowest BCUT2D eigenvalue weighted by Crippen LogP contribution is -2.13. The molecule has 1 aromatic rings.